The summed E-state index contributed by atoms with van der Waals surface area (Å²) in [5, 5.41) is 0. The molecule has 0 aromatic heterocycles. The lowest BCUT2D eigenvalue weighted by atomic mass is 10.0. The molecule has 0 radical (unpaired) electrons. The van der Waals surface area contributed by atoms with E-state index in [1.165, 1.54) is 218 Å². The molecule has 6 heteroatoms. The molecule has 6 nitrogen and oxygen atoms in total. The molecule has 0 rings (SSSR count). The molecule has 0 saturated heterocycles. The van der Waals surface area contributed by atoms with Crippen LogP contribution in [0.1, 0.15) is 329 Å². The van der Waals surface area contributed by atoms with Crippen LogP contribution in [0, 0.1) is 0 Å². The number of esters is 3. The van der Waals surface area contributed by atoms with Gasteiger partial charge in [0.1, 0.15) is 13.2 Å². The van der Waals surface area contributed by atoms with Gasteiger partial charge in [-0.05, 0) is 83.5 Å². The van der Waals surface area contributed by atoms with Crippen molar-refractivity contribution < 1.29 is 28.6 Å². The lowest BCUT2D eigenvalue weighted by molar-refractivity contribution is -0.167. The molecule has 0 amide bonds. The number of hydrogen-bond donors (Lipinski definition) is 0. The molecular formula is C67H120O6. The molecule has 0 aromatic rings. The minimum atomic E-state index is -0.804. The zero-order valence-electron chi connectivity index (χ0n) is 48.7. The number of ether oxygens (including phenoxy) is 3. The lowest BCUT2D eigenvalue weighted by Crippen LogP contribution is -2.30. The fraction of sp³-hybridized carbons (Fsp3) is 0.806. The maximum Gasteiger partial charge on any atom is 0.306 e. The highest BCUT2D eigenvalue weighted by Crippen LogP contribution is 2.17. The predicted molar refractivity (Wildman–Crippen MR) is 316 cm³/mol. The third-order valence-electron chi connectivity index (χ3n) is 14.0. The van der Waals surface area contributed by atoms with E-state index in [1.54, 1.807) is 0 Å². The Balaban J connectivity index is 4.40. The Morgan fingerprint density at radius 2 is 0.507 bits per heavy atom. The van der Waals surface area contributed by atoms with E-state index in [9.17, 15) is 14.4 Å². The molecule has 424 valence electrons. The summed E-state index contributed by atoms with van der Waals surface area (Å²) in [5.41, 5.74) is 0. The highest BCUT2D eigenvalue weighted by molar-refractivity contribution is 5.71. The summed E-state index contributed by atoms with van der Waals surface area (Å²) in [6.45, 7) is 6.61. The van der Waals surface area contributed by atoms with Gasteiger partial charge in [0.05, 0.1) is 0 Å². The first-order chi connectivity index (χ1) is 36.0. The van der Waals surface area contributed by atoms with E-state index in [1.807, 2.05) is 0 Å². The second kappa shape index (κ2) is 61.7. The van der Waals surface area contributed by atoms with Crippen LogP contribution in [0.15, 0.2) is 60.8 Å². The van der Waals surface area contributed by atoms with E-state index >= 15 is 0 Å². The number of allylic oxidation sites excluding steroid dienone is 10. The molecule has 0 aromatic carbocycles. The molecule has 0 heterocycles. The molecule has 0 aliphatic rings. The van der Waals surface area contributed by atoms with Crippen molar-refractivity contribution in [3.8, 4) is 0 Å². The van der Waals surface area contributed by atoms with Gasteiger partial charge in [0.15, 0.2) is 6.10 Å². The normalized spacial score (nSPS) is 12.4. The number of unbranched alkanes of at least 4 members (excludes halogenated alkanes) is 37. The fourth-order valence-corrected chi connectivity index (χ4v) is 9.20. The van der Waals surface area contributed by atoms with Gasteiger partial charge in [0.2, 0.25) is 0 Å². The van der Waals surface area contributed by atoms with E-state index in [0.29, 0.717) is 19.3 Å². The first-order valence-corrected chi connectivity index (χ1v) is 31.8. The predicted octanol–water partition coefficient (Wildman–Crippen LogP) is 21.6. The first-order valence-electron chi connectivity index (χ1n) is 31.8. The van der Waals surface area contributed by atoms with Crippen molar-refractivity contribution in [1.82, 2.24) is 0 Å². The van der Waals surface area contributed by atoms with Gasteiger partial charge in [0.25, 0.3) is 0 Å². The fourth-order valence-electron chi connectivity index (χ4n) is 9.20. The molecule has 0 fully saturated rings. The van der Waals surface area contributed by atoms with Gasteiger partial charge in [-0.2, -0.15) is 0 Å². The van der Waals surface area contributed by atoms with Crippen LogP contribution in [0.4, 0.5) is 0 Å². The van der Waals surface area contributed by atoms with Gasteiger partial charge in [-0.15, -0.1) is 0 Å². The van der Waals surface area contributed by atoms with Gasteiger partial charge in [-0.25, -0.2) is 0 Å². The van der Waals surface area contributed by atoms with Crippen LogP contribution in [0.25, 0.3) is 0 Å². The van der Waals surface area contributed by atoms with Crippen LogP contribution in [0.3, 0.4) is 0 Å². The second-order valence-corrected chi connectivity index (χ2v) is 21.3. The van der Waals surface area contributed by atoms with Crippen molar-refractivity contribution >= 4 is 17.9 Å². The van der Waals surface area contributed by atoms with Crippen molar-refractivity contribution in [3.63, 3.8) is 0 Å². The third-order valence-corrected chi connectivity index (χ3v) is 14.0. The molecule has 0 spiro atoms. The molecule has 0 bridgehead atoms. The highest BCUT2D eigenvalue weighted by atomic mass is 16.6. The summed E-state index contributed by atoms with van der Waals surface area (Å²) in [5.74, 6) is -0.938. The Hall–Kier alpha value is -2.89. The molecule has 0 unspecified atom stereocenters. The summed E-state index contributed by atoms with van der Waals surface area (Å²) < 4.78 is 16.9. The van der Waals surface area contributed by atoms with Crippen LogP contribution in [-0.4, -0.2) is 37.2 Å². The summed E-state index contributed by atoms with van der Waals surface area (Å²) in [7, 11) is 0. The van der Waals surface area contributed by atoms with Gasteiger partial charge in [0, 0.05) is 19.3 Å². The molecular weight excluding hydrogens is 901 g/mol. The maximum absolute atomic E-state index is 12.9. The van der Waals surface area contributed by atoms with Crippen molar-refractivity contribution in [2.24, 2.45) is 0 Å². The first kappa shape index (κ1) is 70.1. The summed E-state index contributed by atoms with van der Waals surface area (Å²) >= 11 is 0. The number of hydrogen-bond acceptors (Lipinski definition) is 6. The quantitative estimate of drug-likeness (QED) is 0.0261. The van der Waals surface area contributed by atoms with Gasteiger partial charge in [-0.1, -0.05) is 287 Å². The Morgan fingerprint density at radius 3 is 0.849 bits per heavy atom. The summed E-state index contributed by atoms with van der Waals surface area (Å²) in [4.78, 5) is 38.3. The average Bonchev–Trinajstić information content (AvgIpc) is 3.39. The standard InChI is InChI=1S/C67H120O6/c1-4-7-10-13-16-19-22-25-28-31-32-33-34-37-39-42-45-48-51-54-57-60-66(69)72-63-64(73-67(70)61-58-55-52-49-46-43-40-36-30-27-24-21-18-15-12-9-6-3)62-71-65(68)59-56-53-50-47-44-41-38-35-29-26-23-20-17-14-11-8-5-2/h18,21,26-27,29-30,40,43,49,52,64H,4-17,19-20,22-25,28,31-39,41-42,44-48,50-51,53-63H2,1-3H3/b21-18-,29-26-,30-27-,43-40-,52-49-/t64-/m1/s1. The van der Waals surface area contributed by atoms with Gasteiger partial charge in [-0.3, -0.25) is 14.4 Å². The minimum Gasteiger partial charge on any atom is -0.462 e. The van der Waals surface area contributed by atoms with Crippen LogP contribution >= 0.6 is 0 Å². The van der Waals surface area contributed by atoms with Crippen molar-refractivity contribution in [1.29, 1.82) is 0 Å². The van der Waals surface area contributed by atoms with E-state index < -0.39 is 6.10 Å². The third kappa shape index (κ3) is 59.9. The zero-order valence-corrected chi connectivity index (χ0v) is 48.7. The molecule has 0 aliphatic heterocycles. The topological polar surface area (TPSA) is 78.9 Å². The van der Waals surface area contributed by atoms with E-state index in [-0.39, 0.29) is 37.5 Å². The van der Waals surface area contributed by atoms with Crippen LogP contribution < -0.4 is 0 Å². The van der Waals surface area contributed by atoms with Crippen molar-refractivity contribution in [2.75, 3.05) is 13.2 Å². The van der Waals surface area contributed by atoms with Crippen molar-refractivity contribution in [2.45, 2.75) is 335 Å². The lowest BCUT2D eigenvalue weighted by Gasteiger charge is -2.18. The smallest absolute Gasteiger partial charge is 0.306 e. The van der Waals surface area contributed by atoms with E-state index in [0.717, 1.165) is 64.2 Å². The Labute approximate surface area is 453 Å². The number of rotatable bonds is 58. The van der Waals surface area contributed by atoms with Crippen LogP contribution in [0.5, 0.6) is 0 Å². The van der Waals surface area contributed by atoms with Crippen LogP contribution in [-0.2, 0) is 28.6 Å². The summed E-state index contributed by atoms with van der Waals surface area (Å²) in [6.07, 6.45) is 78.0. The monoisotopic (exact) mass is 1020 g/mol. The van der Waals surface area contributed by atoms with Crippen LogP contribution in [0.2, 0.25) is 0 Å². The van der Waals surface area contributed by atoms with E-state index in [4.69, 9.17) is 14.2 Å². The Bertz CT molecular complexity index is 1310. The second-order valence-electron chi connectivity index (χ2n) is 21.3. The largest absolute Gasteiger partial charge is 0.462 e. The molecule has 73 heavy (non-hydrogen) atoms. The van der Waals surface area contributed by atoms with Gasteiger partial charge >= 0.3 is 17.9 Å². The zero-order chi connectivity index (χ0) is 52.9. The molecule has 0 saturated carbocycles. The average molecular weight is 1020 g/mol. The number of carbonyl (C=O) groups is 3. The van der Waals surface area contributed by atoms with E-state index in [2.05, 4.69) is 81.5 Å². The summed E-state index contributed by atoms with van der Waals surface area (Å²) in [6, 6.07) is 0. The van der Waals surface area contributed by atoms with Gasteiger partial charge < -0.3 is 14.2 Å². The highest BCUT2D eigenvalue weighted by Gasteiger charge is 2.19. The SMILES string of the molecule is CCCCC/C=C\C/C=C\C/C=C\C/C=C\CCCC(=O)O[C@H](COC(=O)CCCCCCCCC/C=C\CCCCCCCC)COC(=O)CCCCCCCCCCCCCCCCCCCCCCC. The maximum atomic E-state index is 12.9. The minimum absolute atomic E-state index is 0.0940. The Kier molecular flexibility index (Phi) is 59.2. The molecule has 0 aliphatic carbocycles. The molecule has 0 N–H and O–H groups in total. The van der Waals surface area contributed by atoms with Crippen molar-refractivity contribution in [3.05, 3.63) is 60.8 Å². The molecule has 1 atom stereocenters. The Morgan fingerprint density at radius 1 is 0.274 bits per heavy atom. The number of carbonyl (C=O) groups excluding carboxylic acids is 3.